The quantitative estimate of drug-likeness (QED) is 0.571. The Morgan fingerprint density at radius 3 is 2.50 bits per heavy atom. The molecule has 0 aliphatic heterocycles. The van der Waals surface area contributed by atoms with Crippen molar-refractivity contribution in [2.24, 2.45) is 0 Å². The van der Waals surface area contributed by atoms with Crippen molar-refractivity contribution in [3.8, 4) is 0 Å². The van der Waals surface area contributed by atoms with Gasteiger partial charge in [-0.2, -0.15) is 0 Å². The molecule has 1 saturated carbocycles. The number of nitrogens with zero attached hydrogens (tertiary/aromatic N) is 1. The van der Waals surface area contributed by atoms with E-state index < -0.39 is 9.84 Å². The molecule has 1 fully saturated rings. The zero-order chi connectivity index (χ0) is 19.7. The number of imidazole rings is 1. The predicted octanol–water partition coefficient (Wildman–Crippen LogP) is 5.04. The lowest BCUT2D eigenvalue weighted by atomic mass is 9.99. The third-order valence-electron chi connectivity index (χ3n) is 5.37. The van der Waals surface area contributed by atoms with E-state index in [4.69, 9.17) is 5.73 Å². The minimum Gasteiger partial charge on any atom is -0.369 e. The zero-order valence-electron chi connectivity index (χ0n) is 15.4. The molecule has 3 N–H and O–H groups in total. The van der Waals surface area contributed by atoms with Crippen LogP contribution in [-0.4, -0.2) is 23.6 Å². The molecule has 5 nitrogen and oxygen atoms in total. The molecule has 0 unspecified atom stereocenters. The highest BCUT2D eigenvalue weighted by molar-refractivity contribution is 9.11. The molecule has 2 aromatic carbocycles. The van der Waals surface area contributed by atoms with Crippen LogP contribution in [0.3, 0.4) is 0 Å². The SMILES string of the molecule is Nc1nc2c(S(=O)(=O)C3CCCCC3)cc(/C(=C/Br)c3ccccc3)cc2[nH]1. The van der Waals surface area contributed by atoms with E-state index in [-0.39, 0.29) is 16.1 Å². The van der Waals surface area contributed by atoms with E-state index in [1.807, 2.05) is 41.4 Å². The van der Waals surface area contributed by atoms with Crippen LogP contribution >= 0.6 is 15.9 Å². The van der Waals surface area contributed by atoms with Crippen molar-refractivity contribution in [2.45, 2.75) is 42.2 Å². The van der Waals surface area contributed by atoms with Crippen LogP contribution in [-0.2, 0) is 9.84 Å². The van der Waals surface area contributed by atoms with Gasteiger partial charge in [-0.25, -0.2) is 13.4 Å². The Labute approximate surface area is 173 Å². The molecule has 1 aliphatic carbocycles. The van der Waals surface area contributed by atoms with E-state index in [1.165, 1.54) is 0 Å². The summed E-state index contributed by atoms with van der Waals surface area (Å²) in [5.74, 6) is 0.219. The van der Waals surface area contributed by atoms with Crippen LogP contribution < -0.4 is 5.73 Å². The molecule has 0 radical (unpaired) electrons. The van der Waals surface area contributed by atoms with E-state index in [0.717, 1.165) is 36.0 Å². The van der Waals surface area contributed by atoms with Gasteiger partial charge < -0.3 is 10.7 Å². The Kier molecular flexibility index (Phi) is 5.29. The molecule has 1 heterocycles. The average molecular weight is 460 g/mol. The summed E-state index contributed by atoms with van der Waals surface area (Å²) in [7, 11) is -3.50. The van der Waals surface area contributed by atoms with Gasteiger partial charge in [0.1, 0.15) is 5.52 Å². The monoisotopic (exact) mass is 459 g/mol. The van der Waals surface area contributed by atoms with Crippen LogP contribution in [0.1, 0.15) is 43.2 Å². The summed E-state index contributed by atoms with van der Waals surface area (Å²) in [6, 6.07) is 13.5. The molecule has 4 rings (SSSR count). The summed E-state index contributed by atoms with van der Waals surface area (Å²) in [6.07, 6.45) is 4.40. The number of sulfone groups is 1. The van der Waals surface area contributed by atoms with Crippen LogP contribution in [0.15, 0.2) is 52.3 Å². The predicted molar refractivity (Wildman–Crippen MR) is 117 cm³/mol. The fraction of sp³-hybridized carbons (Fsp3) is 0.286. The maximum absolute atomic E-state index is 13.5. The first-order valence-electron chi connectivity index (χ1n) is 9.40. The molecule has 3 aromatic rings. The van der Waals surface area contributed by atoms with E-state index in [0.29, 0.717) is 23.9 Å². The van der Waals surface area contributed by atoms with Crippen LogP contribution in [0.2, 0.25) is 0 Å². The topological polar surface area (TPSA) is 88.8 Å². The molecule has 1 aliphatic rings. The highest BCUT2D eigenvalue weighted by Crippen LogP contribution is 2.35. The lowest BCUT2D eigenvalue weighted by molar-refractivity contribution is 0.484. The number of halogens is 1. The highest BCUT2D eigenvalue weighted by atomic mass is 79.9. The van der Waals surface area contributed by atoms with Crippen molar-refractivity contribution >= 4 is 48.3 Å². The molecule has 0 spiro atoms. The Morgan fingerprint density at radius 1 is 1.11 bits per heavy atom. The second kappa shape index (κ2) is 7.72. The summed E-state index contributed by atoms with van der Waals surface area (Å²) >= 11 is 3.45. The lowest BCUT2D eigenvalue weighted by Gasteiger charge is -2.22. The molecule has 0 amide bonds. The van der Waals surface area contributed by atoms with Gasteiger partial charge in [-0.1, -0.05) is 65.5 Å². The average Bonchev–Trinajstić information content (AvgIpc) is 3.09. The van der Waals surface area contributed by atoms with Crippen molar-refractivity contribution in [3.05, 3.63) is 58.6 Å². The standard InChI is InChI=1S/C21H22BrN3O2S/c22-13-17(14-7-3-1-4-8-14)15-11-18-20(25-21(23)24-18)19(12-15)28(26,27)16-9-5-2-6-10-16/h1,3-4,7-8,11-13,16H,2,5-6,9-10H2,(H3,23,24,25)/b17-13+. The van der Waals surface area contributed by atoms with Gasteiger partial charge in [-0.3, -0.25) is 0 Å². The van der Waals surface area contributed by atoms with Gasteiger partial charge in [0, 0.05) is 0 Å². The number of aromatic amines is 1. The Bertz CT molecular complexity index is 1130. The summed E-state index contributed by atoms with van der Waals surface area (Å²) in [4.78, 5) is 9.38. The largest absolute Gasteiger partial charge is 0.369 e. The highest BCUT2D eigenvalue weighted by Gasteiger charge is 2.32. The molecule has 0 atom stereocenters. The van der Waals surface area contributed by atoms with Crippen molar-refractivity contribution in [3.63, 3.8) is 0 Å². The number of aromatic nitrogens is 2. The maximum atomic E-state index is 13.5. The number of anilines is 1. The molecule has 7 heteroatoms. The van der Waals surface area contributed by atoms with Crippen molar-refractivity contribution < 1.29 is 8.42 Å². The second-order valence-electron chi connectivity index (χ2n) is 7.19. The fourth-order valence-electron chi connectivity index (χ4n) is 3.94. The molecule has 0 bridgehead atoms. The first kappa shape index (κ1) is 19.2. The first-order valence-corrected chi connectivity index (χ1v) is 11.9. The number of H-pyrrole nitrogens is 1. The van der Waals surface area contributed by atoms with Crippen molar-refractivity contribution in [1.82, 2.24) is 9.97 Å². The van der Waals surface area contributed by atoms with Gasteiger partial charge >= 0.3 is 0 Å². The van der Waals surface area contributed by atoms with Gasteiger partial charge in [0.15, 0.2) is 15.8 Å². The van der Waals surface area contributed by atoms with Crippen molar-refractivity contribution in [1.29, 1.82) is 0 Å². The molecular formula is C21H22BrN3O2S. The number of hydrogen-bond acceptors (Lipinski definition) is 4. The molecule has 0 saturated heterocycles. The Balaban J connectivity index is 1.91. The third kappa shape index (κ3) is 3.49. The number of nitrogen functional groups attached to an aromatic ring is 1. The van der Waals surface area contributed by atoms with E-state index >= 15 is 0 Å². The summed E-state index contributed by atoms with van der Waals surface area (Å²) in [5.41, 5.74) is 9.61. The molecule has 1 aromatic heterocycles. The lowest BCUT2D eigenvalue weighted by Crippen LogP contribution is -2.24. The van der Waals surface area contributed by atoms with Gasteiger partial charge in [0.2, 0.25) is 0 Å². The third-order valence-corrected chi connectivity index (χ3v) is 8.10. The minimum atomic E-state index is -3.50. The van der Waals surface area contributed by atoms with Gasteiger partial charge in [-0.15, -0.1) is 0 Å². The summed E-state index contributed by atoms with van der Waals surface area (Å²) in [5, 5.41) is -0.356. The van der Waals surface area contributed by atoms with E-state index in [2.05, 4.69) is 25.9 Å². The Morgan fingerprint density at radius 2 is 1.82 bits per heavy atom. The van der Waals surface area contributed by atoms with Crippen LogP contribution in [0.5, 0.6) is 0 Å². The minimum absolute atomic E-state index is 0.219. The van der Waals surface area contributed by atoms with Crippen LogP contribution in [0, 0.1) is 0 Å². The van der Waals surface area contributed by atoms with E-state index in [9.17, 15) is 8.42 Å². The summed E-state index contributed by atoms with van der Waals surface area (Å²) < 4.78 is 27.0. The number of fused-ring (bicyclic) bond motifs is 1. The zero-order valence-corrected chi connectivity index (χ0v) is 17.8. The molecular weight excluding hydrogens is 438 g/mol. The second-order valence-corrected chi connectivity index (χ2v) is 9.84. The Hall–Kier alpha value is -2.12. The molecule has 28 heavy (non-hydrogen) atoms. The van der Waals surface area contributed by atoms with Gasteiger partial charge in [-0.05, 0) is 46.7 Å². The number of benzene rings is 2. The van der Waals surface area contributed by atoms with Crippen LogP contribution in [0.4, 0.5) is 5.95 Å². The molecule has 146 valence electrons. The fourth-order valence-corrected chi connectivity index (χ4v) is 6.50. The first-order chi connectivity index (χ1) is 13.5. The number of hydrogen-bond donors (Lipinski definition) is 2. The van der Waals surface area contributed by atoms with Gasteiger partial charge in [0.25, 0.3) is 0 Å². The maximum Gasteiger partial charge on any atom is 0.198 e. The van der Waals surface area contributed by atoms with Crippen LogP contribution in [0.25, 0.3) is 16.6 Å². The number of nitrogens with two attached hydrogens (primary N) is 1. The van der Waals surface area contributed by atoms with Gasteiger partial charge in [0.05, 0.1) is 15.7 Å². The smallest absolute Gasteiger partial charge is 0.198 e. The number of nitrogens with one attached hydrogen (secondary N) is 1. The van der Waals surface area contributed by atoms with Crippen molar-refractivity contribution in [2.75, 3.05) is 5.73 Å². The summed E-state index contributed by atoms with van der Waals surface area (Å²) in [6.45, 7) is 0. The van der Waals surface area contributed by atoms with E-state index in [1.54, 1.807) is 6.07 Å². The number of rotatable bonds is 4. The normalized spacial score (nSPS) is 16.5.